The molecule has 0 spiro atoms. The Bertz CT molecular complexity index is 1030. The molecule has 4 aromatic heterocycles. The van der Waals surface area contributed by atoms with Crippen molar-refractivity contribution in [3.8, 4) is 28.4 Å². The van der Waals surface area contributed by atoms with Gasteiger partial charge in [0.2, 0.25) is 0 Å². The maximum absolute atomic E-state index is 6.10. The largest absolute Gasteiger partial charge is 0.489 e. The SMILES string of the molecule is c1cnc2cc(-c3cc(-c4cncc(OC5CCNCC5)c4)[nH]n3)[nH]c2c1. The van der Waals surface area contributed by atoms with Crippen LogP contribution in [0.25, 0.3) is 33.7 Å². The van der Waals surface area contributed by atoms with E-state index in [0.29, 0.717) is 0 Å². The minimum absolute atomic E-state index is 0.250. The van der Waals surface area contributed by atoms with Crippen molar-refractivity contribution >= 4 is 11.0 Å². The van der Waals surface area contributed by atoms with Crippen molar-refractivity contribution in [3.05, 3.63) is 48.9 Å². The summed E-state index contributed by atoms with van der Waals surface area (Å²) in [5.74, 6) is 0.797. The van der Waals surface area contributed by atoms with Crippen LogP contribution in [0.15, 0.2) is 48.9 Å². The summed E-state index contributed by atoms with van der Waals surface area (Å²) in [7, 11) is 0. The highest BCUT2D eigenvalue weighted by atomic mass is 16.5. The summed E-state index contributed by atoms with van der Waals surface area (Å²) in [5, 5.41) is 10.9. The average Bonchev–Trinajstić information content (AvgIpc) is 3.36. The summed E-state index contributed by atoms with van der Waals surface area (Å²) < 4.78 is 6.10. The summed E-state index contributed by atoms with van der Waals surface area (Å²) in [6.45, 7) is 2.00. The first kappa shape index (κ1) is 16.0. The molecule has 0 bridgehead atoms. The quantitative estimate of drug-likeness (QED) is 0.520. The molecule has 0 unspecified atom stereocenters. The molecule has 1 aliphatic heterocycles. The standard InChI is InChI=1S/C20H20N6O/c1-2-16-18(23-5-1)10-19(24-16)20-9-17(25-26-20)13-8-15(12-22-11-13)27-14-3-6-21-7-4-14/h1-2,5,8-12,14,21,24H,3-4,6-7H2,(H,25,26). The summed E-state index contributed by atoms with van der Waals surface area (Å²) in [6, 6.07) is 9.95. The van der Waals surface area contributed by atoms with E-state index in [0.717, 1.165) is 65.4 Å². The molecule has 3 N–H and O–H groups in total. The van der Waals surface area contributed by atoms with Gasteiger partial charge >= 0.3 is 0 Å². The summed E-state index contributed by atoms with van der Waals surface area (Å²) in [5.41, 5.74) is 5.55. The molecule has 27 heavy (non-hydrogen) atoms. The fourth-order valence-corrected chi connectivity index (χ4v) is 3.44. The summed E-state index contributed by atoms with van der Waals surface area (Å²) >= 11 is 0. The van der Waals surface area contributed by atoms with Crippen molar-refractivity contribution in [2.24, 2.45) is 0 Å². The predicted molar refractivity (Wildman–Crippen MR) is 103 cm³/mol. The molecule has 136 valence electrons. The van der Waals surface area contributed by atoms with Crippen LogP contribution in [-0.4, -0.2) is 44.3 Å². The third-order valence-electron chi connectivity index (χ3n) is 4.86. The van der Waals surface area contributed by atoms with Gasteiger partial charge in [-0.1, -0.05) is 0 Å². The molecule has 0 saturated carbocycles. The van der Waals surface area contributed by atoms with Gasteiger partial charge in [0.25, 0.3) is 0 Å². The third kappa shape index (κ3) is 3.29. The molecule has 5 rings (SSSR count). The second-order valence-electron chi connectivity index (χ2n) is 6.76. The van der Waals surface area contributed by atoms with E-state index in [4.69, 9.17) is 4.74 Å². The number of aromatic nitrogens is 5. The number of fused-ring (bicyclic) bond motifs is 1. The van der Waals surface area contributed by atoms with Gasteiger partial charge in [-0.05, 0) is 56.3 Å². The lowest BCUT2D eigenvalue weighted by Gasteiger charge is -2.23. The first-order chi connectivity index (χ1) is 13.3. The first-order valence-electron chi connectivity index (χ1n) is 9.17. The summed E-state index contributed by atoms with van der Waals surface area (Å²) in [4.78, 5) is 12.0. The van der Waals surface area contributed by atoms with Crippen LogP contribution in [0.1, 0.15) is 12.8 Å². The monoisotopic (exact) mass is 360 g/mol. The molecule has 7 heteroatoms. The van der Waals surface area contributed by atoms with Gasteiger partial charge in [-0.25, -0.2) is 0 Å². The number of ether oxygens (including phenoxy) is 1. The molecule has 1 fully saturated rings. The Hall–Kier alpha value is -3.19. The number of piperidine rings is 1. The fraction of sp³-hybridized carbons (Fsp3) is 0.250. The molecule has 0 radical (unpaired) electrons. The molecule has 5 heterocycles. The Balaban J connectivity index is 1.39. The Labute approximate surface area is 156 Å². The van der Waals surface area contributed by atoms with Gasteiger partial charge in [-0.3, -0.25) is 15.1 Å². The zero-order valence-electron chi connectivity index (χ0n) is 14.8. The van der Waals surface area contributed by atoms with E-state index in [-0.39, 0.29) is 6.10 Å². The van der Waals surface area contributed by atoms with Crippen LogP contribution in [0, 0.1) is 0 Å². The van der Waals surface area contributed by atoms with Gasteiger partial charge in [0, 0.05) is 18.0 Å². The maximum Gasteiger partial charge on any atom is 0.138 e. The number of nitrogens with zero attached hydrogens (tertiary/aromatic N) is 3. The van der Waals surface area contributed by atoms with Crippen LogP contribution in [-0.2, 0) is 0 Å². The summed E-state index contributed by atoms with van der Waals surface area (Å²) in [6.07, 6.45) is 7.67. The number of pyridine rings is 2. The van der Waals surface area contributed by atoms with Crippen LogP contribution < -0.4 is 10.1 Å². The number of hydrogen-bond acceptors (Lipinski definition) is 5. The molecule has 7 nitrogen and oxygen atoms in total. The molecule has 0 aromatic carbocycles. The third-order valence-corrected chi connectivity index (χ3v) is 4.86. The normalized spacial score (nSPS) is 15.3. The molecular formula is C20H20N6O. The lowest BCUT2D eigenvalue weighted by atomic mass is 10.1. The van der Waals surface area contributed by atoms with Crippen molar-refractivity contribution in [3.63, 3.8) is 0 Å². The zero-order chi connectivity index (χ0) is 18.1. The smallest absolute Gasteiger partial charge is 0.138 e. The van der Waals surface area contributed by atoms with E-state index >= 15 is 0 Å². The number of H-pyrrole nitrogens is 2. The van der Waals surface area contributed by atoms with Gasteiger partial charge in [0.05, 0.1) is 28.6 Å². The predicted octanol–water partition coefficient (Wildman–Crippen LogP) is 3.15. The van der Waals surface area contributed by atoms with Crippen molar-refractivity contribution in [1.29, 1.82) is 0 Å². The molecule has 1 aliphatic rings. The van der Waals surface area contributed by atoms with Crippen molar-refractivity contribution < 1.29 is 4.74 Å². The second-order valence-corrected chi connectivity index (χ2v) is 6.76. The minimum atomic E-state index is 0.250. The topological polar surface area (TPSA) is 91.5 Å². The fourth-order valence-electron chi connectivity index (χ4n) is 3.44. The van der Waals surface area contributed by atoms with Crippen LogP contribution >= 0.6 is 0 Å². The van der Waals surface area contributed by atoms with E-state index in [2.05, 4.69) is 30.5 Å². The Kier molecular flexibility index (Phi) is 4.06. The van der Waals surface area contributed by atoms with Gasteiger partial charge in [-0.15, -0.1) is 0 Å². The lowest BCUT2D eigenvalue weighted by molar-refractivity contribution is 0.162. The second kappa shape index (κ2) is 6.85. The van der Waals surface area contributed by atoms with Gasteiger partial charge in [0.15, 0.2) is 0 Å². The number of rotatable bonds is 4. The number of aromatic amines is 2. The average molecular weight is 360 g/mol. The van der Waals surface area contributed by atoms with Crippen LogP contribution in [0.4, 0.5) is 0 Å². The van der Waals surface area contributed by atoms with Crippen LogP contribution in [0.2, 0.25) is 0 Å². The van der Waals surface area contributed by atoms with Crippen LogP contribution in [0.5, 0.6) is 5.75 Å². The van der Waals surface area contributed by atoms with E-state index in [1.807, 2.05) is 36.5 Å². The van der Waals surface area contributed by atoms with Gasteiger partial charge in [-0.2, -0.15) is 5.10 Å². The van der Waals surface area contributed by atoms with E-state index in [1.165, 1.54) is 0 Å². The molecular weight excluding hydrogens is 340 g/mol. The zero-order valence-corrected chi connectivity index (χ0v) is 14.8. The Morgan fingerprint density at radius 3 is 2.85 bits per heavy atom. The van der Waals surface area contributed by atoms with Crippen LogP contribution in [0.3, 0.4) is 0 Å². The van der Waals surface area contributed by atoms with Crippen molar-refractivity contribution in [2.75, 3.05) is 13.1 Å². The number of hydrogen-bond donors (Lipinski definition) is 3. The molecule has 0 atom stereocenters. The van der Waals surface area contributed by atoms with Gasteiger partial charge < -0.3 is 15.0 Å². The van der Waals surface area contributed by atoms with E-state index in [9.17, 15) is 0 Å². The Morgan fingerprint density at radius 2 is 1.96 bits per heavy atom. The van der Waals surface area contributed by atoms with E-state index in [1.54, 1.807) is 12.4 Å². The molecule has 4 aromatic rings. The highest BCUT2D eigenvalue weighted by Gasteiger charge is 2.15. The van der Waals surface area contributed by atoms with Gasteiger partial charge in [0.1, 0.15) is 17.5 Å². The highest BCUT2D eigenvalue weighted by Crippen LogP contribution is 2.27. The lowest BCUT2D eigenvalue weighted by Crippen LogP contribution is -2.34. The molecule has 0 amide bonds. The van der Waals surface area contributed by atoms with E-state index < -0.39 is 0 Å². The Morgan fingerprint density at radius 1 is 1.04 bits per heavy atom. The molecule has 0 aliphatic carbocycles. The number of nitrogens with one attached hydrogen (secondary N) is 3. The van der Waals surface area contributed by atoms with Crippen molar-refractivity contribution in [2.45, 2.75) is 18.9 Å². The maximum atomic E-state index is 6.10. The first-order valence-corrected chi connectivity index (χ1v) is 9.17. The highest BCUT2D eigenvalue weighted by molar-refractivity contribution is 5.82. The minimum Gasteiger partial charge on any atom is -0.489 e. The molecule has 1 saturated heterocycles. The van der Waals surface area contributed by atoms with Crippen molar-refractivity contribution in [1.82, 2.24) is 30.5 Å².